The van der Waals surface area contributed by atoms with Crippen LogP contribution in [0.5, 0.6) is 0 Å². The molecule has 1 fully saturated rings. The second kappa shape index (κ2) is 10.9. The van der Waals surface area contributed by atoms with Gasteiger partial charge in [-0.25, -0.2) is 0 Å². The van der Waals surface area contributed by atoms with E-state index in [1.54, 1.807) is 18.2 Å². The van der Waals surface area contributed by atoms with Crippen molar-refractivity contribution in [1.82, 2.24) is 4.90 Å². The summed E-state index contributed by atoms with van der Waals surface area (Å²) >= 11 is 0. The van der Waals surface area contributed by atoms with E-state index in [9.17, 15) is 4.79 Å². The topological polar surface area (TPSA) is 86.8 Å². The van der Waals surface area contributed by atoms with Crippen molar-refractivity contribution in [1.29, 1.82) is 0 Å². The molecule has 1 aliphatic rings. The number of carbonyl (C=O) groups excluding carboxylic acids is 1. The fraction of sp³-hybridized carbons (Fsp3) is 0.333. The van der Waals surface area contributed by atoms with Crippen molar-refractivity contribution in [3.63, 3.8) is 0 Å². The first-order valence-electron chi connectivity index (χ1n) is 9.35. The molecule has 1 heterocycles. The fourth-order valence-corrected chi connectivity index (χ4v) is 3.62. The van der Waals surface area contributed by atoms with Crippen molar-refractivity contribution in [2.24, 2.45) is 5.73 Å². The molecule has 2 aromatic rings. The van der Waals surface area contributed by atoms with E-state index in [1.807, 2.05) is 17.0 Å². The van der Waals surface area contributed by atoms with Gasteiger partial charge in [0.05, 0.1) is 0 Å². The monoisotopic (exact) mass is 556 g/mol. The number of carbonyl (C=O) groups is 1. The van der Waals surface area contributed by atoms with Gasteiger partial charge >= 0.3 is 19.8 Å². The Bertz CT molecular complexity index is 780. The molecule has 0 atom stereocenters. The molecule has 3 rings (SSSR count). The number of amides is 1. The molecule has 0 unspecified atom stereocenters. The van der Waals surface area contributed by atoms with Crippen LogP contribution in [0.2, 0.25) is 0 Å². The Hall–Kier alpha value is -1.51. The predicted molar refractivity (Wildman–Crippen MR) is 106 cm³/mol. The smallest absolute Gasteiger partial charge is 0.452 e. The Balaban J connectivity index is 0.00000280. The maximum atomic E-state index is 13.0. The maximum Gasteiger partial charge on any atom is 2.00 e. The third kappa shape index (κ3) is 5.75. The van der Waals surface area contributed by atoms with E-state index in [-0.39, 0.29) is 25.7 Å². The van der Waals surface area contributed by atoms with Crippen LogP contribution in [0.1, 0.15) is 45.8 Å². The van der Waals surface area contributed by atoms with Gasteiger partial charge < -0.3 is 20.7 Å². The summed E-state index contributed by atoms with van der Waals surface area (Å²) in [6.45, 7) is 1.95. The molecule has 0 aromatic heterocycles. The van der Waals surface area contributed by atoms with Crippen LogP contribution in [-0.2, 0) is 32.8 Å². The molecular weight excluding hydrogens is 529 g/mol. The van der Waals surface area contributed by atoms with Gasteiger partial charge in [-0.05, 0) is 29.9 Å². The van der Waals surface area contributed by atoms with Crippen LogP contribution >= 0.6 is 0 Å². The van der Waals surface area contributed by atoms with E-state index < -0.39 is 7.12 Å². The van der Waals surface area contributed by atoms with E-state index in [1.165, 1.54) is 11.9 Å². The molecule has 0 saturated carbocycles. The van der Waals surface area contributed by atoms with Crippen molar-refractivity contribution >= 4 is 13.0 Å². The molecular formula is C21H25BN2O3Os. The van der Waals surface area contributed by atoms with Crippen LogP contribution in [0.25, 0.3) is 0 Å². The molecule has 1 aliphatic heterocycles. The summed E-state index contributed by atoms with van der Waals surface area (Å²) in [5.74, 6) is 0.428. The summed E-state index contributed by atoms with van der Waals surface area (Å²) < 4.78 is 0. The van der Waals surface area contributed by atoms with E-state index in [2.05, 4.69) is 18.2 Å². The van der Waals surface area contributed by atoms with Crippen LogP contribution < -0.4 is 5.73 Å². The Morgan fingerprint density at radius 2 is 2.00 bits per heavy atom. The van der Waals surface area contributed by atoms with Crippen molar-refractivity contribution in [2.75, 3.05) is 13.1 Å². The minimum Gasteiger partial charge on any atom is -0.452 e. The molecule has 7 heteroatoms. The number of rotatable bonds is 6. The van der Waals surface area contributed by atoms with E-state index >= 15 is 0 Å². The Kier molecular flexibility index (Phi) is 8.85. The molecule has 5 nitrogen and oxygen atoms in total. The van der Waals surface area contributed by atoms with Gasteiger partial charge in [0.2, 0.25) is 0 Å². The minimum atomic E-state index is -1.50. The Labute approximate surface area is 180 Å². The molecule has 0 aliphatic carbocycles. The molecule has 0 bridgehead atoms. The number of likely N-dealkylation sites (tertiary alicyclic amines) is 1. The van der Waals surface area contributed by atoms with E-state index in [4.69, 9.17) is 15.8 Å². The summed E-state index contributed by atoms with van der Waals surface area (Å²) in [6, 6.07) is 16.7. The summed E-state index contributed by atoms with van der Waals surface area (Å²) in [4.78, 5) is 14.8. The van der Waals surface area contributed by atoms with E-state index in [0.717, 1.165) is 18.4 Å². The van der Waals surface area contributed by atoms with Crippen LogP contribution in [0.4, 0.5) is 0 Å². The van der Waals surface area contributed by atoms with Crippen LogP contribution in [0.3, 0.4) is 0 Å². The summed E-state index contributed by atoms with van der Waals surface area (Å²) in [7, 11) is -1.50. The first-order chi connectivity index (χ1) is 13.1. The normalized spacial score (nSPS) is 14.5. The molecule has 148 valence electrons. The van der Waals surface area contributed by atoms with Gasteiger partial charge in [-0.15, -0.1) is 0 Å². The van der Waals surface area contributed by atoms with Crippen LogP contribution in [-0.4, -0.2) is 41.1 Å². The van der Waals surface area contributed by atoms with Gasteiger partial charge in [0.15, 0.2) is 5.91 Å². The number of hydrogen-bond acceptors (Lipinski definition) is 4. The third-order valence-corrected chi connectivity index (χ3v) is 5.15. The van der Waals surface area contributed by atoms with Gasteiger partial charge in [0.1, 0.15) is 0 Å². The summed E-state index contributed by atoms with van der Waals surface area (Å²) in [5.41, 5.74) is 9.45. The minimum absolute atomic E-state index is 0. The van der Waals surface area contributed by atoms with Gasteiger partial charge in [-0.3, -0.25) is 11.1 Å². The summed E-state index contributed by atoms with van der Waals surface area (Å²) in [5, 5.41) is 18.1. The average Bonchev–Trinajstić information content (AvgIpc) is 2.72. The zero-order valence-electron chi connectivity index (χ0n) is 15.7. The number of piperidine rings is 1. The average molecular weight is 554 g/mol. The van der Waals surface area contributed by atoms with Crippen LogP contribution in [0, 0.1) is 12.4 Å². The Morgan fingerprint density at radius 3 is 2.68 bits per heavy atom. The van der Waals surface area contributed by atoms with E-state index in [0.29, 0.717) is 43.1 Å². The standard InChI is InChI=1S/C21H25BN2O3.Os/c23-15-16-4-3-6-19(14-16)17-9-12-24(13-10-17)21(25)20-7-2-1-5-18(20)8-11-22(26)27;/h1-4,6-7,11,14,17,26-27H,8-10,12-13,15,23H2;/q-2;+2. The second-order valence-corrected chi connectivity index (χ2v) is 6.93. The van der Waals surface area contributed by atoms with Crippen molar-refractivity contribution < 1.29 is 34.6 Å². The molecule has 1 amide bonds. The molecule has 0 spiro atoms. The first-order valence-corrected chi connectivity index (χ1v) is 9.35. The molecule has 4 N–H and O–H groups in total. The fourth-order valence-electron chi connectivity index (χ4n) is 3.62. The first kappa shape index (κ1) is 22.8. The van der Waals surface area contributed by atoms with Gasteiger partial charge in [0, 0.05) is 19.6 Å². The van der Waals surface area contributed by atoms with Crippen molar-refractivity contribution in [3.05, 3.63) is 77.1 Å². The number of nitrogens with zero attached hydrogens (tertiary/aromatic N) is 1. The van der Waals surface area contributed by atoms with Crippen molar-refractivity contribution in [3.8, 4) is 0 Å². The molecule has 0 radical (unpaired) electrons. The predicted octanol–water partition coefficient (Wildman–Crippen LogP) is 1.72. The zero-order chi connectivity index (χ0) is 19.2. The van der Waals surface area contributed by atoms with Gasteiger partial charge in [-0.1, -0.05) is 29.8 Å². The largest absolute Gasteiger partial charge is 2.00 e. The molecule has 28 heavy (non-hydrogen) atoms. The maximum absolute atomic E-state index is 13.0. The summed E-state index contributed by atoms with van der Waals surface area (Å²) in [6.07, 6.45) is 3.49. The number of hydrogen-bond donors (Lipinski definition) is 3. The van der Waals surface area contributed by atoms with Gasteiger partial charge in [0.25, 0.3) is 7.12 Å². The number of benzene rings is 2. The molecule has 2 aromatic carbocycles. The second-order valence-electron chi connectivity index (χ2n) is 6.93. The molecule has 1 saturated heterocycles. The van der Waals surface area contributed by atoms with Crippen LogP contribution in [0.15, 0.2) is 42.5 Å². The van der Waals surface area contributed by atoms with Gasteiger partial charge in [-0.2, -0.15) is 36.2 Å². The Morgan fingerprint density at radius 1 is 1.25 bits per heavy atom. The number of nitrogens with two attached hydrogens (primary N) is 1. The quantitative estimate of drug-likeness (QED) is 0.375. The zero-order valence-corrected chi connectivity index (χ0v) is 18.2. The van der Waals surface area contributed by atoms with Crippen molar-refractivity contribution in [2.45, 2.75) is 31.7 Å². The SMILES string of the molecule is NCc1cccc(C2CCN(C(=O)c3ccc[c-]c3C[CH-]B(O)O)CC2)c1.[Os+2]. The third-order valence-electron chi connectivity index (χ3n) is 5.15.